The third-order valence-corrected chi connectivity index (χ3v) is 6.11. The summed E-state index contributed by atoms with van der Waals surface area (Å²) < 4.78 is 10.6. The molecule has 0 aliphatic heterocycles. The van der Waals surface area contributed by atoms with Crippen molar-refractivity contribution >= 4 is 17.6 Å². The van der Waals surface area contributed by atoms with Crippen LogP contribution in [0.25, 0.3) is 0 Å². The van der Waals surface area contributed by atoms with Crippen LogP contribution in [0.4, 0.5) is 0 Å². The summed E-state index contributed by atoms with van der Waals surface area (Å²) in [6.07, 6.45) is 0.630. The van der Waals surface area contributed by atoms with Crippen molar-refractivity contribution in [2.45, 2.75) is 17.3 Å². The van der Waals surface area contributed by atoms with Crippen LogP contribution in [0.5, 0.6) is 5.75 Å². The molecule has 0 heterocycles. The van der Waals surface area contributed by atoms with Crippen LogP contribution in [0.2, 0.25) is 5.02 Å². The minimum atomic E-state index is -0.803. The average Bonchev–Trinajstić information content (AvgIpc) is 3.47. The first-order valence-corrected chi connectivity index (χ1v) is 9.51. The molecule has 0 amide bonds. The Labute approximate surface area is 169 Å². The van der Waals surface area contributed by atoms with E-state index in [0.29, 0.717) is 11.4 Å². The van der Waals surface area contributed by atoms with Gasteiger partial charge in [-0.05, 0) is 47.4 Å². The molecule has 0 bridgehead atoms. The quantitative estimate of drug-likeness (QED) is 0.563. The molecule has 4 rings (SSSR count). The van der Waals surface area contributed by atoms with E-state index >= 15 is 0 Å². The number of esters is 1. The molecule has 0 aromatic heterocycles. The number of benzene rings is 3. The van der Waals surface area contributed by atoms with Crippen molar-refractivity contribution in [2.24, 2.45) is 0 Å². The number of hydrogen-bond donors (Lipinski definition) is 0. The highest BCUT2D eigenvalue weighted by molar-refractivity contribution is 6.30. The molecule has 1 aliphatic carbocycles. The zero-order valence-corrected chi connectivity index (χ0v) is 16.6. The largest absolute Gasteiger partial charge is 0.497 e. The monoisotopic (exact) mass is 392 g/mol. The molecule has 0 N–H and O–H groups in total. The fourth-order valence-corrected chi connectivity index (χ4v) is 4.56. The Balaban J connectivity index is 1.95. The van der Waals surface area contributed by atoms with Gasteiger partial charge in [0, 0.05) is 10.4 Å². The van der Waals surface area contributed by atoms with Crippen LogP contribution < -0.4 is 4.74 Å². The second-order valence-electron chi connectivity index (χ2n) is 7.08. The summed E-state index contributed by atoms with van der Waals surface area (Å²) in [7, 11) is 3.09. The fourth-order valence-electron chi connectivity index (χ4n) is 4.44. The van der Waals surface area contributed by atoms with Crippen molar-refractivity contribution in [2.75, 3.05) is 14.2 Å². The highest BCUT2D eigenvalue weighted by Crippen LogP contribution is 2.69. The lowest BCUT2D eigenvalue weighted by Crippen LogP contribution is -2.32. The SMILES string of the molecule is COC(=O)[C@]1(c2ccc(Cl)cc2)C[C@]1(c1ccccc1)c1ccc(OC)cc1. The van der Waals surface area contributed by atoms with Crippen LogP contribution in [0.1, 0.15) is 23.1 Å². The molecule has 0 unspecified atom stereocenters. The molecular weight excluding hydrogens is 372 g/mol. The first kappa shape index (κ1) is 18.6. The van der Waals surface area contributed by atoms with Gasteiger partial charge in [0.15, 0.2) is 0 Å². The van der Waals surface area contributed by atoms with E-state index in [1.807, 2.05) is 66.7 Å². The van der Waals surface area contributed by atoms with E-state index in [0.717, 1.165) is 22.4 Å². The lowest BCUT2D eigenvalue weighted by atomic mass is 9.77. The summed E-state index contributed by atoms with van der Waals surface area (Å²) >= 11 is 6.10. The maximum atomic E-state index is 13.2. The molecule has 28 heavy (non-hydrogen) atoms. The molecule has 1 saturated carbocycles. The molecule has 1 aliphatic rings. The Bertz CT molecular complexity index is 983. The predicted molar refractivity (Wildman–Crippen MR) is 110 cm³/mol. The number of ether oxygens (including phenoxy) is 2. The van der Waals surface area contributed by atoms with Gasteiger partial charge in [-0.1, -0.05) is 66.2 Å². The van der Waals surface area contributed by atoms with Crippen molar-refractivity contribution in [3.05, 3.63) is 101 Å². The van der Waals surface area contributed by atoms with E-state index in [1.54, 1.807) is 7.11 Å². The third-order valence-electron chi connectivity index (χ3n) is 5.85. The van der Waals surface area contributed by atoms with Gasteiger partial charge in [-0.15, -0.1) is 0 Å². The summed E-state index contributed by atoms with van der Waals surface area (Å²) in [5, 5.41) is 0.638. The van der Waals surface area contributed by atoms with Crippen LogP contribution in [0, 0.1) is 0 Å². The highest BCUT2D eigenvalue weighted by Gasteiger charge is 2.74. The van der Waals surface area contributed by atoms with Gasteiger partial charge in [-0.3, -0.25) is 4.79 Å². The van der Waals surface area contributed by atoms with Gasteiger partial charge in [0.05, 0.1) is 14.2 Å². The fraction of sp³-hybridized carbons (Fsp3) is 0.208. The zero-order valence-electron chi connectivity index (χ0n) is 15.8. The second kappa shape index (κ2) is 6.99. The molecule has 0 radical (unpaired) electrons. The van der Waals surface area contributed by atoms with E-state index in [2.05, 4.69) is 12.1 Å². The van der Waals surface area contributed by atoms with Crippen LogP contribution in [-0.4, -0.2) is 20.2 Å². The van der Waals surface area contributed by atoms with E-state index in [4.69, 9.17) is 21.1 Å². The molecule has 142 valence electrons. The minimum absolute atomic E-state index is 0.241. The van der Waals surface area contributed by atoms with Crippen molar-refractivity contribution in [3.8, 4) is 5.75 Å². The summed E-state index contributed by atoms with van der Waals surface area (Å²) in [4.78, 5) is 13.2. The molecule has 3 aromatic carbocycles. The van der Waals surface area contributed by atoms with Gasteiger partial charge in [-0.25, -0.2) is 0 Å². The topological polar surface area (TPSA) is 35.5 Å². The van der Waals surface area contributed by atoms with Gasteiger partial charge in [-0.2, -0.15) is 0 Å². The van der Waals surface area contributed by atoms with Gasteiger partial charge < -0.3 is 9.47 Å². The molecule has 2 atom stereocenters. The van der Waals surface area contributed by atoms with Crippen molar-refractivity contribution in [3.63, 3.8) is 0 Å². The third kappa shape index (κ3) is 2.61. The average molecular weight is 393 g/mol. The molecular formula is C24H21ClO3. The minimum Gasteiger partial charge on any atom is -0.497 e. The number of carbonyl (C=O) groups excluding carboxylic acids is 1. The van der Waals surface area contributed by atoms with Gasteiger partial charge in [0.2, 0.25) is 0 Å². The maximum absolute atomic E-state index is 13.2. The van der Waals surface area contributed by atoms with Crippen LogP contribution in [-0.2, 0) is 20.4 Å². The standard InChI is InChI=1S/C24H21ClO3/c1-27-21-14-10-18(11-15-21)23(17-6-4-3-5-7-17)16-24(23,22(26)28-2)19-8-12-20(25)13-9-19/h3-15H,16H2,1-2H3/t23-,24+/m0/s1. The lowest BCUT2D eigenvalue weighted by Gasteiger charge is -2.26. The summed E-state index contributed by atoms with van der Waals surface area (Å²) in [6, 6.07) is 25.6. The maximum Gasteiger partial charge on any atom is 0.317 e. The van der Waals surface area contributed by atoms with Crippen LogP contribution in [0.15, 0.2) is 78.9 Å². The van der Waals surface area contributed by atoms with Gasteiger partial charge >= 0.3 is 5.97 Å². The van der Waals surface area contributed by atoms with E-state index in [9.17, 15) is 4.79 Å². The molecule has 3 aromatic rings. The smallest absolute Gasteiger partial charge is 0.317 e. The van der Waals surface area contributed by atoms with E-state index in [-0.39, 0.29) is 5.97 Å². The van der Waals surface area contributed by atoms with Crippen molar-refractivity contribution < 1.29 is 14.3 Å². The number of carbonyl (C=O) groups is 1. The first-order chi connectivity index (χ1) is 13.6. The Kier molecular flexibility index (Phi) is 4.64. The van der Waals surface area contributed by atoms with E-state index in [1.165, 1.54) is 7.11 Å². The second-order valence-corrected chi connectivity index (χ2v) is 7.52. The summed E-state index contributed by atoms with van der Waals surface area (Å²) in [6.45, 7) is 0. The van der Waals surface area contributed by atoms with Crippen molar-refractivity contribution in [1.29, 1.82) is 0 Å². The Hall–Kier alpha value is -2.78. The first-order valence-electron chi connectivity index (χ1n) is 9.13. The van der Waals surface area contributed by atoms with Gasteiger partial charge in [0.1, 0.15) is 11.2 Å². The number of halogens is 1. The normalized spacial score (nSPS) is 23.1. The number of hydrogen-bond acceptors (Lipinski definition) is 3. The Morgan fingerprint density at radius 1 is 0.821 bits per heavy atom. The van der Waals surface area contributed by atoms with Crippen molar-refractivity contribution in [1.82, 2.24) is 0 Å². The summed E-state index contributed by atoms with van der Waals surface area (Å²) in [5.74, 6) is 0.539. The highest BCUT2D eigenvalue weighted by atomic mass is 35.5. The molecule has 1 fully saturated rings. The molecule has 4 heteroatoms. The summed E-state index contributed by atoms with van der Waals surface area (Å²) in [5.41, 5.74) is 1.73. The van der Waals surface area contributed by atoms with Gasteiger partial charge in [0.25, 0.3) is 0 Å². The Morgan fingerprint density at radius 2 is 1.39 bits per heavy atom. The van der Waals surface area contributed by atoms with Crippen LogP contribution in [0.3, 0.4) is 0 Å². The van der Waals surface area contributed by atoms with E-state index < -0.39 is 10.8 Å². The Morgan fingerprint density at radius 3 is 1.96 bits per heavy atom. The number of methoxy groups -OCH3 is 2. The van der Waals surface area contributed by atoms with Crippen LogP contribution >= 0.6 is 11.6 Å². The molecule has 0 spiro atoms. The number of rotatable bonds is 5. The predicted octanol–water partition coefficient (Wildman–Crippen LogP) is 5.15. The molecule has 3 nitrogen and oxygen atoms in total. The lowest BCUT2D eigenvalue weighted by molar-refractivity contribution is -0.144. The molecule has 0 saturated heterocycles. The zero-order chi connectivity index (χ0) is 19.8.